The van der Waals surface area contributed by atoms with Crippen molar-refractivity contribution in [3.8, 4) is 0 Å². The third-order valence-corrected chi connectivity index (χ3v) is 4.94. The fraction of sp³-hybridized carbons (Fsp3) is 0.800. The van der Waals surface area contributed by atoms with Gasteiger partial charge in [0.15, 0.2) is 0 Å². The summed E-state index contributed by atoms with van der Waals surface area (Å²) in [5.74, 6) is 0.624. The lowest BCUT2D eigenvalue weighted by Gasteiger charge is -2.33. The maximum atomic E-state index is 12.9. The Morgan fingerprint density at radius 3 is 2.05 bits per heavy atom. The molecule has 0 bridgehead atoms. The lowest BCUT2D eigenvalue weighted by atomic mass is 9.69. The van der Waals surface area contributed by atoms with Crippen LogP contribution in [-0.2, 0) is 9.59 Å². The number of allylic oxidation sites excluding steroid dienone is 2. The summed E-state index contributed by atoms with van der Waals surface area (Å²) in [5.41, 5.74) is -0.714. The molecule has 0 saturated heterocycles. The first-order valence-electron chi connectivity index (χ1n) is 8.97. The lowest BCUT2D eigenvalue weighted by molar-refractivity contribution is -0.137. The lowest BCUT2D eigenvalue weighted by Crippen LogP contribution is -2.37. The second-order valence-electron chi connectivity index (χ2n) is 8.10. The van der Waals surface area contributed by atoms with Crippen LogP contribution in [0.4, 0.5) is 0 Å². The summed E-state index contributed by atoms with van der Waals surface area (Å²) in [7, 11) is 0. The highest BCUT2D eigenvalue weighted by Gasteiger charge is 2.38. The van der Waals surface area contributed by atoms with Crippen LogP contribution in [0.3, 0.4) is 0 Å². The molecule has 0 radical (unpaired) electrons. The first kappa shape index (κ1) is 19.1. The number of hydrogen-bond acceptors (Lipinski definition) is 2. The summed E-state index contributed by atoms with van der Waals surface area (Å²) in [6.45, 7) is 8.11. The topological polar surface area (TPSA) is 34.1 Å². The molecule has 0 amide bonds. The minimum absolute atomic E-state index is 0.299. The molecule has 0 aromatic rings. The molecule has 126 valence electrons. The van der Waals surface area contributed by atoms with Gasteiger partial charge >= 0.3 is 0 Å². The first-order valence-corrected chi connectivity index (χ1v) is 8.97. The summed E-state index contributed by atoms with van der Waals surface area (Å²) >= 11 is 0. The summed E-state index contributed by atoms with van der Waals surface area (Å²) in [5, 5.41) is 0. The van der Waals surface area contributed by atoms with E-state index >= 15 is 0 Å². The van der Waals surface area contributed by atoms with Crippen LogP contribution in [0, 0.1) is 10.8 Å². The quantitative estimate of drug-likeness (QED) is 0.542. The largest absolute Gasteiger partial charge is 0.300 e. The number of rotatable bonds is 0. The van der Waals surface area contributed by atoms with Crippen LogP contribution in [0.15, 0.2) is 12.2 Å². The molecule has 22 heavy (non-hydrogen) atoms. The molecule has 0 atom stereocenters. The first-order chi connectivity index (χ1) is 10.3. The van der Waals surface area contributed by atoms with Crippen molar-refractivity contribution in [3.63, 3.8) is 0 Å². The highest BCUT2D eigenvalue weighted by atomic mass is 16.1. The van der Waals surface area contributed by atoms with Gasteiger partial charge in [-0.05, 0) is 38.5 Å². The summed E-state index contributed by atoms with van der Waals surface area (Å²) < 4.78 is 0. The minimum atomic E-state index is -0.403. The van der Waals surface area contributed by atoms with Gasteiger partial charge in [-0.3, -0.25) is 9.59 Å². The molecule has 1 rings (SSSR count). The van der Waals surface area contributed by atoms with E-state index in [9.17, 15) is 9.59 Å². The van der Waals surface area contributed by atoms with Gasteiger partial charge in [-0.15, -0.1) is 0 Å². The number of carbonyl (C=O) groups is 2. The van der Waals surface area contributed by atoms with Crippen LogP contribution in [0.2, 0.25) is 0 Å². The smallest absolute Gasteiger partial charge is 0.144 e. The van der Waals surface area contributed by atoms with Gasteiger partial charge < -0.3 is 0 Å². The van der Waals surface area contributed by atoms with Crippen LogP contribution in [0.5, 0.6) is 0 Å². The third-order valence-electron chi connectivity index (χ3n) is 4.94. The van der Waals surface area contributed by atoms with E-state index in [2.05, 4.69) is 26.0 Å². The monoisotopic (exact) mass is 306 g/mol. The van der Waals surface area contributed by atoms with E-state index < -0.39 is 5.41 Å². The Morgan fingerprint density at radius 1 is 0.727 bits per heavy atom. The van der Waals surface area contributed by atoms with Crippen LogP contribution in [-0.4, -0.2) is 11.6 Å². The van der Waals surface area contributed by atoms with Gasteiger partial charge in [-0.25, -0.2) is 0 Å². The highest BCUT2D eigenvalue weighted by Crippen LogP contribution is 2.36. The van der Waals surface area contributed by atoms with Crippen LogP contribution >= 0.6 is 0 Å². The van der Waals surface area contributed by atoms with Crippen molar-refractivity contribution >= 4 is 11.6 Å². The van der Waals surface area contributed by atoms with Crippen LogP contribution in [0.1, 0.15) is 91.9 Å². The average molecular weight is 306 g/mol. The van der Waals surface area contributed by atoms with Gasteiger partial charge in [0.05, 0.1) is 0 Å². The van der Waals surface area contributed by atoms with E-state index in [0.29, 0.717) is 30.8 Å². The Hall–Kier alpha value is -0.920. The van der Waals surface area contributed by atoms with Crippen molar-refractivity contribution in [1.82, 2.24) is 0 Å². The zero-order chi connectivity index (χ0) is 16.6. The highest BCUT2D eigenvalue weighted by molar-refractivity contribution is 5.89. The molecule has 1 aliphatic carbocycles. The predicted octanol–water partition coefficient (Wildman–Crippen LogP) is 5.65. The Morgan fingerprint density at radius 2 is 1.32 bits per heavy atom. The molecule has 0 aromatic heterocycles. The maximum absolute atomic E-state index is 12.9. The third kappa shape index (κ3) is 6.46. The summed E-state index contributed by atoms with van der Waals surface area (Å²) in [4.78, 5) is 24.9. The van der Waals surface area contributed by atoms with Crippen LogP contribution < -0.4 is 0 Å². The van der Waals surface area contributed by atoms with E-state index in [1.165, 1.54) is 12.8 Å². The molecular weight excluding hydrogens is 272 g/mol. The van der Waals surface area contributed by atoms with Crippen LogP contribution in [0.25, 0.3) is 0 Å². The van der Waals surface area contributed by atoms with Gasteiger partial charge in [0.1, 0.15) is 11.6 Å². The van der Waals surface area contributed by atoms with Gasteiger partial charge in [-0.1, -0.05) is 52.7 Å². The Labute approximate surface area is 136 Å². The van der Waals surface area contributed by atoms with Gasteiger partial charge in [0.25, 0.3) is 0 Å². The van der Waals surface area contributed by atoms with Crippen molar-refractivity contribution in [1.29, 1.82) is 0 Å². The second-order valence-corrected chi connectivity index (χ2v) is 8.10. The molecule has 2 nitrogen and oxygen atoms in total. The molecule has 0 aliphatic heterocycles. The normalized spacial score (nSPS) is 25.1. The van der Waals surface area contributed by atoms with Crippen molar-refractivity contribution in [2.75, 3.05) is 0 Å². The van der Waals surface area contributed by atoms with E-state index in [0.717, 1.165) is 32.1 Å². The van der Waals surface area contributed by atoms with Crippen molar-refractivity contribution in [2.24, 2.45) is 10.8 Å². The number of Topliss-reactive ketones (excluding diaryl/α,β-unsaturated/α-hetero) is 2. The Balaban J connectivity index is 2.75. The minimum Gasteiger partial charge on any atom is -0.300 e. The summed E-state index contributed by atoms with van der Waals surface area (Å²) in [6, 6.07) is 0. The molecule has 0 aromatic carbocycles. The molecule has 0 fully saturated rings. The molecule has 1 aliphatic rings. The zero-order valence-electron chi connectivity index (χ0n) is 15.0. The zero-order valence-corrected chi connectivity index (χ0v) is 15.0. The molecule has 0 N–H and O–H groups in total. The number of ketones is 2. The van der Waals surface area contributed by atoms with E-state index in [-0.39, 0.29) is 5.41 Å². The molecule has 0 heterocycles. The maximum Gasteiger partial charge on any atom is 0.144 e. The average Bonchev–Trinajstić information content (AvgIpc) is 2.45. The van der Waals surface area contributed by atoms with Gasteiger partial charge in [-0.2, -0.15) is 0 Å². The number of carbonyl (C=O) groups excluding carboxylic acids is 2. The van der Waals surface area contributed by atoms with E-state index in [4.69, 9.17) is 0 Å². The number of hydrogen-bond donors (Lipinski definition) is 0. The standard InChI is InChI=1S/C20H34O2/c1-19(2)15-12-10-8-6-5-7-9-11-13-17(21)14-16-20(3,4)18(19)22/h8,10H,5-7,9,11-16H2,1-4H3. The molecule has 0 spiro atoms. The van der Waals surface area contributed by atoms with E-state index in [1.807, 2.05) is 13.8 Å². The molecule has 0 unspecified atom stereocenters. The summed E-state index contributed by atoms with van der Waals surface area (Å²) in [6.07, 6.45) is 14.0. The Bertz CT molecular complexity index is 402. The predicted molar refractivity (Wildman–Crippen MR) is 92.9 cm³/mol. The van der Waals surface area contributed by atoms with Crippen molar-refractivity contribution in [3.05, 3.63) is 12.2 Å². The van der Waals surface area contributed by atoms with Gasteiger partial charge in [0.2, 0.25) is 0 Å². The SMILES string of the molecule is CC1(C)CCC=CCCCCCCC(=O)CCC(C)(C)C1=O. The fourth-order valence-corrected chi connectivity index (χ4v) is 3.34. The van der Waals surface area contributed by atoms with Gasteiger partial charge in [0, 0.05) is 23.7 Å². The van der Waals surface area contributed by atoms with E-state index in [1.54, 1.807) is 0 Å². The molecule has 0 saturated carbocycles. The molecular formula is C20H34O2. The second kappa shape index (κ2) is 8.64. The Kier molecular flexibility index (Phi) is 7.52. The fourth-order valence-electron chi connectivity index (χ4n) is 3.34. The van der Waals surface area contributed by atoms with Crippen molar-refractivity contribution in [2.45, 2.75) is 91.9 Å². The van der Waals surface area contributed by atoms with Crippen molar-refractivity contribution < 1.29 is 9.59 Å². The molecule has 2 heteroatoms.